The van der Waals surface area contributed by atoms with Crippen LogP contribution in [0.3, 0.4) is 0 Å². The summed E-state index contributed by atoms with van der Waals surface area (Å²) < 4.78 is 17.4. The van der Waals surface area contributed by atoms with Gasteiger partial charge < -0.3 is 13.9 Å². The second-order valence-corrected chi connectivity index (χ2v) is 8.11. The first-order chi connectivity index (χ1) is 15.2. The second-order valence-electron chi connectivity index (χ2n) is 7.08. The third-order valence-corrected chi connectivity index (χ3v) is 6.09. The van der Waals surface area contributed by atoms with Crippen molar-refractivity contribution >= 4 is 54.3 Å². The molecule has 1 N–H and O–H groups in total. The molecule has 1 aliphatic heterocycles. The predicted octanol–water partition coefficient (Wildman–Crippen LogP) is 4.58. The molecule has 5 aromatic rings. The Morgan fingerprint density at radius 2 is 1.77 bits per heavy atom. The molecule has 0 spiro atoms. The Bertz CT molecular complexity index is 1530. The molecule has 0 bridgehead atoms. The number of nitrogens with one attached hydrogen (secondary N) is 1. The topological polar surface area (TPSA) is 90.7 Å². The van der Waals surface area contributed by atoms with E-state index in [2.05, 4.69) is 10.3 Å². The number of thiazole rings is 1. The maximum absolute atomic E-state index is 12.9. The number of aromatic nitrogens is 1. The lowest BCUT2D eigenvalue weighted by Crippen LogP contribution is -2.20. The molecule has 7 nitrogen and oxygen atoms in total. The zero-order valence-corrected chi connectivity index (χ0v) is 16.8. The zero-order valence-electron chi connectivity index (χ0n) is 16.0. The van der Waals surface area contributed by atoms with Gasteiger partial charge in [-0.3, -0.25) is 10.1 Å². The average Bonchev–Trinajstić information content (AvgIpc) is 3.17. The van der Waals surface area contributed by atoms with Crippen LogP contribution in [0.1, 0.15) is 10.4 Å². The van der Waals surface area contributed by atoms with Gasteiger partial charge in [0.1, 0.15) is 24.4 Å². The fraction of sp³-hybridized carbons (Fsp3) is 0.0870. The van der Waals surface area contributed by atoms with E-state index in [0.717, 1.165) is 15.5 Å². The number of ether oxygens (including phenoxy) is 2. The highest BCUT2D eigenvalue weighted by Crippen LogP contribution is 2.38. The van der Waals surface area contributed by atoms with Crippen molar-refractivity contribution in [3.8, 4) is 11.5 Å². The van der Waals surface area contributed by atoms with Crippen LogP contribution in [0.15, 0.2) is 63.8 Å². The first kappa shape index (κ1) is 17.9. The first-order valence-electron chi connectivity index (χ1n) is 9.63. The van der Waals surface area contributed by atoms with E-state index in [-0.39, 0.29) is 5.56 Å². The molecule has 152 valence electrons. The third-order valence-electron chi connectivity index (χ3n) is 5.16. The minimum absolute atomic E-state index is 0.0749. The smallest absolute Gasteiger partial charge is 0.349 e. The summed E-state index contributed by atoms with van der Waals surface area (Å²) in [5.74, 6) is 0.714. The van der Waals surface area contributed by atoms with Gasteiger partial charge in [0.05, 0.1) is 10.2 Å². The van der Waals surface area contributed by atoms with Crippen LogP contribution in [-0.2, 0) is 0 Å². The van der Waals surface area contributed by atoms with Crippen molar-refractivity contribution in [2.24, 2.45) is 0 Å². The number of anilines is 1. The van der Waals surface area contributed by atoms with E-state index < -0.39 is 11.5 Å². The molecule has 0 unspecified atom stereocenters. The van der Waals surface area contributed by atoms with E-state index in [0.29, 0.717) is 46.3 Å². The highest BCUT2D eigenvalue weighted by Gasteiger charge is 2.19. The second kappa shape index (κ2) is 6.82. The average molecular weight is 430 g/mol. The SMILES string of the molecule is O=C(Nc1nc2cc3c(cc2s1)OCCO3)c1cc2c(ccc3ccccc32)oc1=O. The molecule has 6 rings (SSSR count). The van der Waals surface area contributed by atoms with E-state index in [9.17, 15) is 9.59 Å². The number of rotatable bonds is 2. The van der Waals surface area contributed by atoms with Crippen LogP contribution in [-0.4, -0.2) is 24.1 Å². The molecule has 0 radical (unpaired) electrons. The fourth-order valence-electron chi connectivity index (χ4n) is 3.71. The Balaban J connectivity index is 1.39. The number of fused-ring (bicyclic) bond motifs is 5. The van der Waals surface area contributed by atoms with E-state index >= 15 is 0 Å². The van der Waals surface area contributed by atoms with Crippen LogP contribution >= 0.6 is 11.3 Å². The molecule has 3 aromatic carbocycles. The molecular weight excluding hydrogens is 416 g/mol. The lowest BCUT2D eigenvalue weighted by Gasteiger charge is -2.17. The van der Waals surface area contributed by atoms with Crippen molar-refractivity contribution in [3.63, 3.8) is 0 Å². The van der Waals surface area contributed by atoms with Crippen molar-refractivity contribution in [1.82, 2.24) is 4.98 Å². The molecular formula is C23H14N2O5S. The van der Waals surface area contributed by atoms with Crippen molar-refractivity contribution in [2.75, 3.05) is 18.5 Å². The van der Waals surface area contributed by atoms with Crippen LogP contribution in [0.4, 0.5) is 5.13 Å². The van der Waals surface area contributed by atoms with Gasteiger partial charge in [0.25, 0.3) is 5.91 Å². The monoisotopic (exact) mass is 430 g/mol. The molecule has 0 saturated carbocycles. The minimum atomic E-state index is -0.696. The first-order valence-corrected chi connectivity index (χ1v) is 10.4. The highest BCUT2D eigenvalue weighted by molar-refractivity contribution is 7.22. The maximum Gasteiger partial charge on any atom is 0.349 e. The predicted molar refractivity (Wildman–Crippen MR) is 119 cm³/mol. The largest absolute Gasteiger partial charge is 0.486 e. The van der Waals surface area contributed by atoms with Crippen molar-refractivity contribution < 1.29 is 18.7 Å². The van der Waals surface area contributed by atoms with E-state index in [1.807, 2.05) is 36.4 Å². The fourth-order valence-corrected chi connectivity index (χ4v) is 4.58. The van der Waals surface area contributed by atoms with Crippen LogP contribution in [0.2, 0.25) is 0 Å². The Morgan fingerprint density at radius 1 is 0.968 bits per heavy atom. The van der Waals surface area contributed by atoms with Gasteiger partial charge in [-0.15, -0.1) is 0 Å². The molecule has 0 atom stereocenters. The van der Waals surface area contributed by atoms with Gasteiger partial charge >= 0.3 is 5.63 Å². The van der Waals surface area contributed by atoms with Gasteiger partial charge in [-0.2, -0.15) is 0 Å². The summed E-state index contributed by atoms with van der Waals surface area (Å²) in [7, 11) is 0. The van der Waals surface area contributed by atoms with Crippen molar-refractivity contribution in [1.29, 1.82) is 0 Å². The van der Waals surface area contributed by atoms with E-state index in [4.69, 9.17) is 13.9 Å². The maximum atomic E-state index is 12.9. The lowest BCUT2D eigenvalue weighted by molar-refractivity contribution is 0.102. The number of carbonyl (C=O) groups excluding carboxylic acids is 1. The van der Waals surface area contributed by atoms with E-state index in [1.54, 1.807) is 18.2 Å². The van der Waals surface area contributed by atoms with Crippen molar-refractivity contribution in [3.05, 3.63) is 70.6 Å². The molecule has 1 aliphatic rings. The third kappa shape index (κ3) is 3.00. The number of benzene rings is 3. The Kier molecular flexibility index (Phi) is 3.94. The molecule has 2 aromatic heterocycles. The van der Waals surface area contributed by atoms with Gasteiger partial charge in [-0.25, -0.2) is 9.78 Å². The Labute approximate surface area is 178 Å². The minimum Gasteiger partial charge on any atom is -0.486 e. The normalized spacial score (nSPS) is 13.0. The Morgan fingerprint density at radius 3 is 2.65 bits per heavy atom. The summed E-state index contributed by atoms with van der Waals surface area (Å²) in [6, 6.07) is 16.6. The number of hydrogen-bond acceptors (Lipinski definition) is 7. The highest BCUT2D eigenvalue weighted by atomic mass is 32.1. The van der Waals surface area contributed by atoms with Crippen LogP contribution in [0, 0.1) is 0 Å². The number of carbonyl (C=O) groups is 1. The van der Waals surface area contributed by atoms with Gasteiger partial charge in [-0.1, -0.05) is 41.7 Å². The van der Waals surface area contributed by atoms with E-state index in [1.165, 1.54) is 11.3 Å². The summed E-state index contributed by atoms with van der Waals surface area (Å²) in [4.78, 5) is 29.8. The van der Waals surface area contributed by atoms with Gasteiger partial charge in [0.2, 0.25) is 0 Å². The zero-order chi connectivity index (χ0) is 20.9. The summed E-state index contributed by atoms with van der Waals surface area (Å²) >= 11 is 1.29. The molecule has 3 heterocycles. The Hall–Kier alpha value is -3.91. The number of amides is 1. The summed E-state index contributed by atoms with van der Waals surface area (Å²) in [6.07, 6.45) is 0. The van der Waals surface area contributed by atoms with Gasteiger partial charge in [0, 0.05) is 17.5 Å². The quantitative estimate of drug-likeness (QED) is 0.326. The van der Waals surface area contributed by atoms with Crippen molar-refractivity contribution in [2.45, 2.75) is 0 Å². The molecule has 0 saturated heterocycles. The summed E-state index contributed by atoms with van der Waals surface area (Å²) in [5.41, 5.74) is 0.347. The molecule has 8 heteroatoms. The lowest BCUT2D eigenvalue weighted by atomic mass is 10.0. The molecule has 1 amide bonds. The number of hydrogen-bond donors (Lipinski definition) is 1. The molecule has 31 heavy (non-hydrogen) atoms. The summed E-state index contributed by atoms with van der Waals surface area (Å²) in [5, 5.41) is 5.70. The summed E-state index contributed by atoms with van der Waals surface area (Å²) in [6.45, 7) is 0.978. The van der Waals surface area contributed by atoms with Gasteiger partial charge in [0.15, 0.2) is 16.6 Å². The van der Waals surface area contributed by atoms with Crippen LogP contribution < -0.4 is 20.4 Å². The van der Waals surface area contributed by atoms with Crippen LogP contribution in [0.5, 0.6) is 11.5 Å². The standard InChI is InChI=1S/C23H14N2O5S/c26-21(25-23-24-16-10-18-19(11-20(16)31-23)29-8-7-28-18)15-9-14-13-4-2-1-3-12(13)5-6-17(14)30-22(15)27/h1-6,9-11H,7-8H2,(H,24,25,26). The molecule has 0 aliphatic carbocycles. The molecule has 0 fully saturated rings. The van der Waals surface area contributed by atoms with Crippen LogP contribution in [0.25, 0.3) is 32.0 Å². The van der Waals surface area contributed by atoms with Gasteiger partial charge in [-0.05, 0) is 22.9 Å². The number of nitrogens with zero attached hydrogens (tertiary/aromatic N) is 1.